The normalized spacial score (nSPS) is 12.2. The van der Waals surface area contributed by atoms with Crippen molar-refractivity contribution in [3.63, 3.8) is 0 Å². The maximum absolute atomic E-state index is 12.6. The highest BCUT2D eigenvalue weighted by Gasteiger charge is 2.20. The molecule has 4 N–H and O–H groups in total. The first-order valence-corrected chi connectivity index (χ1v) is 10.3. The number of carbonyl (C=O) groups excluding carboxylic acids is 2. The van der Waals surface area contributed by atoms with Gasteiger partial charge in [-0.25, -0.2) is 10.5 Å². The van der Waals surface area contributed by atoms with E-state index in [4.69, 9.17) is 14.6 Å². The van der Waals surface area contributed by atoms with Gasteiger partial charge in [0.15, 0.2) is 0 Å². The Balaban J connectivity index is 1.54. The number of furan rings is 1. The van der Waals surface area contributed by atoms with Crippen molar-refractivity contribution in [3.8, 4) is 0 Å². The summed E-state index contributed by atoms with van der Waals surface area (Å²) >= 11 is 0. The molecule has 2 aromatic heterocycles. The molecule has 0 fully saturated rings. The van der Waals surface area contributed by atoms with E-state index in [-0.39, 0.29) is 18.4 Å². The third-order valence-electron chi connectivity index (χ3n) is 5.34. The maximum atomic E-state index is 12.6. The first kappa shape index (κ1) is 20.6. The van der Waals surface area contributed by atoms with Crippen LogP contribution >= 0.6 is 0 Å². The van der Waals surface area contributed by atoms with Crippen molar-refractivity contribution in [2.45, 2.75) is 38.1 Å². The fraction of sp³-hybridized carbons (Fsp3) is 0.261. The number of carbonyl (C=O) groups is 2. The minimum atomic E-state index is -0.394. The highest BCUT2D eigenvalue weighted by Crippen LogP contribution is 2.27. The summed E-state index contributed by atoms with van der Waals surface area (Å²) < 4.78 is 5.02. The predicted octanol–water partition coefficient (Wildman–Crippen LogP) is 4.24. The van der Waals surface area contributed by atoms with Gasteiger partial charge in [-0.05, 0) is 30.4 Å². The zero-order valence-corrected chi connectivity index (χ0v) is 16.9. The lowest BCUT2D eigenvalue weighted by atomic mass is 10.1. The molecular formula is C23H24N4O4. The molecule has 0 spiro atoms. The number of nitrogens with one attached hydrogen (secondary N) is 3. The second kappa shape index (κ2) is 9.44. The lowest BCUT2D eigenvalue weighted by Crippen LogP contribution is -2.29. The van der Waals surface area contributed by atoms with Crippen LogP contribution in [-0.4, -0.2) is 27.0 Å². The van der Waals surface area contributed by atoms with Crippen molar-refractivity contribution in [2.75, 3.05) is 0 Å². The van der Waals surface area contributed by atoms with Crippen LogP contribution in [0.15, 0.2) is 59.4 Å². The number of fused-ring (bicyclic) bond motifs is 3. The molecule has 2 amide bonds. The number of hydroxylamine groups is 1. The van der Waals surface area contributed by atoms with Crippen LogP contribution in [0.2, 0.25) is 0 Å². The molecule has 0 unspecified atom stereocenters. The molecule has 31 heavy (non-hydrogen) atoms. The van der Waals surface area contributed by atoms with Crippen molar-refractivity contribution in [2.24, 2.45) is 0 Å². The van der Waals surface area contributed by atoms with E-state index in [1.54, 1.807) is 11.5 Å². The van der Waals surface area contributed by atoms with E-state index in [2.05, 4.69) is 10.3 Å². The van der Waals surface area contributed by atoms with Crippen LogP contribution in [0, 0.1) is 0 Å². The standard InChI is InChI=1S/C23H24N4O4/c28-20(27-30)9-3-1-2-8-19(25-23(29)16-12-13-31-14-16)22-24-18-11-10-15-6-4-5-7-17(15)21(18)26-22/h4-7,10-14,19,30H,1-3,8-9H2,(H,24,26)(H,25,29)(H,27,28)/t19-/m0/s1. The highest BCUT2D eigenvalue weighted by atomic mass is 16.5. The van der Waals surface area contributed by atoms with Gasteiger partial charge in [-0.1, -0.05) is 43.2 Å². The summed E-state index contributed by atoms with van der Waals surface area (Å²) in [6.45, 7) is 0. The molecule has 1 atom stereocenters. The molecular weight excluding hydrogens is 396 g/mol. The van der Waals surface area contributed by atoms with Crippen molar-refractivity contribution < 1.29 is 19.2 Å². The highest BCUT2D eigenvalue weighted by molar-refractivity contribution is 6.04. The zero-order valence-electron chi connectivity index (χ0n) is 16.9. The summed E-state index contributed by atoms with van der Waals surface area (Å²) in [7, 11) is 0. The number of nitrogens with zero attached hydrogens (tertiary/aromatic N) is 1. The first-order valence-electron chi connectivity index (χ1n) is 10.3. The van der Waals surface area contributed by atoms with Crippen molar-refractivity contribution in [1.29, 1.82) is 0 Å². The number of hydrogen-bond donors (Lipinski definition) is 4. The van der Waals surface area contributed by atoms with Crippen molar-refractivity contribution in [3.05, 3.63) is 66.4 Å². The van der Waals surface area contributed by atoms with E-state index in [1.807, 2.05) is 36.4 Å². The molecule has 2 heterocycles. The smallest absolute Gasteiger partial charge is 0.255 e. The first-order chi connectivity index (χ1) is 15.2. The average Bonchev–Trinajstić information content (AvgIpc) is 3.48. The minimum absolute atomic E-state index is 0.233. The van der Waals surface area contributed by atoms with Crippen LogP contribution in [0.3, 0.4) is 0 Å². The van der Waals surface area contributed by atoms with Crippen LogP contribution < -0.4 is 10.8 Å². The SMILES string of the molecule is O=C(CCCCC[C@H](NC(=O)c1ccoc1)c1nc2c(ccc3ccccc32)[nH]1)NO. The van der Waals surface area contributed by atoms with Gasteiger partial charge in [0, 0.05) is 11.8 Å². The second-order valence-corrected chi connectivity index (χ2v) is 7.48. The second-order valence-electron chi connectivity index (χ2n) is 7.48. The minimum Gasteiger partial charge on any atom is -0.472 e. The number of aromatic nitrogens is 2. The van der Waals surface area contributed by atoms with Crippen LogP contribution in [-0.2, 0) is 4.79 Å². The largest absolute Gasteiger partial charge is 0.472 e. The summed E-state index contributed by atoms with van der Waals surface area (Å²) in [5, 5.41) is 13.8. The molecule has 4 rings (SSSR count). The summed E-state index contributed by atoms with van der Waals surface area (Å²) in [5.74, 6) is 0.0639. The summed E-state index contributed by atoms with van der Waals surface area (Å²) in [6.07, 6.45) is 6.01. The molecule has 4 aromatic rings. The molecule has 2 aromatic carbocycles. The number of unbranched alkanes of at least 4 members (excludes halogenated alkanes) is 2. The summed E-state index contributed by atoms with van der Waals surface area (Å²) in [4.78, 5) is 32.0. The fourth-order valence-electron chi connectivity index (χ4n) is 3.71. The van der Waals surface area contributed by atoms with E-state index in [0.29, 0.717) is 24.2 Å². The predicted molar refractivity (Wildman–Crippen MR) is 116 cm³/mol. The third kappa shape index (κ3) is 4.75. The number of aromatic amines is 1. The van der Waals surface area contributed by atoms with E-state index in [0.717, 1.165) is 34.6 Å². The topological polar surface area (TPSA) is 120 Å². The lowest BCUT2D eigenvalue weighted by molar-refractivity contribution is -0.129. The Labute approximate surface area is 178 Å². The molecule has 0 aliphatic heterocycles. The van der Waals surface area contributed by atoms with Crippen LogP contribution in [0.25, 0.3) is 21.8 Å². The van der Waals surface area contributed by atoms with Crippen LogP contribution in [0.5, 0.6) is 0 Å². The fourth-order valence-corrected chi connectivity index (χ4v) is 3.71. The number of rotatable bonds is 9. The Morgan fingerprint density at radius 3 is 2.77 bits per heavy atom. The van der Waals surface area contributed by atoms with E-state index < -0.39 is 5.91 Å². The number of benzene rings is 2. The third-order valence-corrected chi connectivity index (χ3v) is 5.34. The molecule has 8 heteroatoms. The number of hydrogen-bond acceptors (Lipinski definition) is 5. The van der Waals surface area contributed by atoms with Gasteiger partial charge in [-0.2, -0.15) is 0 Å². The van der Waals surface area contributed by atoms with Crippen molar-refractivity contribution in [1.82, 2.24) is 20.8 Å². The van der Waals surface area contributed by atoms with Crippen molar-refractivity contribution >= 4 is 33.6 Å². The molecule has 0 aliphatic rings. The van der Waals surface area contributed by atoms with Gasteiger partial charge in [-0.15, -0.1) is 0 Å². The lowest BCUT2D eigenvalue weighted by Gasteiger charge is -2.16. The zero-order chi connectivity index (χ0) is 21.6. The van der Waals surface area contributed by atoms with Gasteiger partial charge in [0.1, 0.15) is 12.1 Å². The number of amides is 2. The Hall–Kier alpha value is -3.65. The van der Waals surface area contributed by atoms with Gasteiger partial charge < -0.3 is 14.7 Å². The van der Waals surface area contributed by atoms with Gasteiger partial charge in [-0.3, -0.25) is 14.8 Å². The number of imidazole rings is 1. The molecule has 8 nitrogen and oxygen atoms in total. The quantitative estimate of drug-likeness (QED) is 0.183. The molecule has 0 saturated carbocycles. The van der Waals surface area contributed by atoms with Crippen LogP contribution in [0.4, 0.5) is 0 Å². The molecule has 160 valence electrons. The molecule has 0 aliphatic carbocycles. The van der Waals surface area contributed by atoms with E-state index in [1.165, 1.54) is 12.5 Å². The monoisotopic (exact) mass is 420 g/mol. The Morgan fingerprint density at radius 2 is 1.97 bits per heavy atom. The summed E-state index contributed by atoms with van der Waals surface area (Å²) in [5.41, 5.74) is 3.88. The van der Waals surface area contributed by atoms with Gasteiger partial charge >= 0.3 is 0 Å². The van der Waals surface area contributed by atoms with Gasteiger partial charge in [0.05, 0.1) is 28.9 Å². The maximum Gasteiger partial charge on any atom is 0.255 e. The Kier molecular flexibility index (Phi) is 6.28. The Bertz CT molecular complexity index is 1180. The van der Waals surface area contributed by atoms with Crippen LogP contribution in [0.1, 0.15) is 54.3 Å². The molecule has 0 radical (unpaired) electrons. The summed E-state index contributed by atoms with van der Waals surface area (Å²) in [6, 6.07) is 13.4. The van der Waals surface area contributed by atoms with E-state index >= 15 is 0 Å². The molecule has 0 bridgehead atoms. The van der Waals surface area contributed by atoms with E-state index in [9.17, 15) is 9.59 Å². The van der Waals surface area contributed by atoms with Gasteiger partial charge in [0.2, 0.25) is 5.91 Å². The average molecular weight is 420 g/mol. The Morgan fingerprint density at radius 1 is 1.10 bits per heavy atom. The van der Waals surface area contributed by atoms with Gasteiger partial charge in [0.25, 0.3) is 5.91 Å². The number of H-pyrrole nitrogens is 1. The molecule has 0 saturated heterocycles.